The number of aromatic nitrogens is 2. The fraction of sp³-hybridized carbons (Fsp3) is 0.214. The first-order valence-electron chi connectivity index (χ1n) is 11.3. The molecule has 0 spiro atoms. The Kier molecular flexibility index (Phi) is 7.28. The van der Waals surface area contributed by atoms with E-state index in [1.807, 2.05) is 79.7 Å². The summed E-state index contributed by atoms with van der Waals surface area (Å²) in [4.78, 5) is 13.3. The highest BCUT2D eigenvalue weighted by Gasteiger charge is 2.19. The molecule has 3 aromatic carbocycles. The number of hydrogen-bond donors (Lipinski definition) is 1. The predicted octanol–water partition coefficient (Wildman–Crippen LogP) is 5.31. The normalized spacial score (nSPS) is 11.6. The zero-order valence-electron chi connectivity index (χ0n) is 19.7. The number of methoxy groups -OCH3 is 2. The number of ether oxygens (including phenoxy) is 2. The average molecular weight is 456 g/mol. The molecule has 1 atom stereocenters. The minimum Gasteiger partial charge on any atom is -0.497 e. The Morgan fingerprint density at radius 1 is 0.912 bits per heavy atom. The van der Waals surface area contributed by atoms with Crippen LogP contribution in [0.1, 0.15) is 29.4 Å². The minimum absolute atomic E-state index is 0.00666. The van der Waals surface area contributed by atoms with Crippen molar-refractivity contribution in [3.8, 4) is 28.4 Å². The summed E-state index contributed by atoms with van der Waals surface area (Å²) < 4.78 is 12.3. The average Bonchev–Trinajstić information content (AvgIpc) is 3.34. The molecule has 4 aromatic rings. The molecule has 6 heteroatoms. The van der Waals surface area contributed by atoms with E-state index >= 15 is 0 Å². The molecule has 1 aromatic heterocycles. The maximum Gasteiger partial charge on any atom is 0.270 e. The number of nitrogens with one attached hydrogen (secondary N) is 1. The van der Waals surface area contributed by atoms with Crippen LogP contribution in [0.3, 0.4) is 0 Å². The molecule has 1 unspecified atom stereocenters. The van der Waals surface area contributed by atoms with Crippen molar-refractivity contribution in [2.75, 3.05) is 14.2 Å². The van der Waals surface area contributed by atoms with E-state index < -0.39 is 0 Å². The third kappa shape index (κ3) is 5.46. The number of nitrogens with zero attached hydrogens (tertiary/aromatic N) is 2. The molecular weight excluding hydrogens is 426 g/mol. The van der Waals surface area contributed by atoms with Crippen LogP contribution in [0.25, 0.3) is 16.9 Å². The lowest BCUT2D eigenvalue weighted by atomic mass is 10.1. The smallest absolute Gasteiger partial charge is 0.270 e. The van der Waals surface area contributed by atoms with Crippen molar-refractivity contribution in [2.45, 2.75) is 25.8 Å². The molecule has 4 rings (SSSR count). The molecule has 34 heavy (non-hydrogen) atoms. The summed E-state index contributed by atoms with van der Waals surface area (Å²) in [6.45, 7) is 2.03. The Morgan fingerprint density at radius 3 is 2.35 bits per heavy atom. The molecule has 0 saturated carbocycles. The highest BCUT2D eigenvalue weighted by Crippen LogP contribution is 2.26. The number of rotatable bonds is 9. The van der Waals surface area contributed by atoms with Gasteiger partial charge in [-0.1, -0.05) is 42.5 Å². The van der Waals surface area contributed by atoms with Crippen LogP contribution in [0.2, 0.25) is 0 Å². The van der Waals surface area contributed by atoms with Crippen LogP contribution in [0.15, 0.2) is 84.9 Å². The van der Waals surface area contributed by atoms with Gasteiger partial charge >= 0.3 is 0 Å². The quantitative estimate of drug-likeness (QED) is 0.372. The minimum atomic E-state index is -0.168. The van der Waals surface area contributed by atoms with Gasteiger partial charge in [0.15, 0.2) is 0 Å². The Labute approximate surface area is 200 Å². The van der Waals surface area contributed by atoms with E-state index in [-0.39, 0.29) is 11.9 Å². The lowest BCUT2D eigenvalue weighted by molar-refractivity contribution is 0.0930. The van der Waals surface area contributed by atoms with Gasteiger partial charge in [0.05, 0.1) is 25.6 Å². The lowest BCUT2D eigenvalue weighted by Gasteiger charge is -2.15. The van der Waals surface area contributed by atoms with Crippen molar-refractivity contribution in [3.05, 3.63) is 96.2 Å². The van der Waals surface area contributed by atoms with Crippen LogP contribution in [-0.2, 0) is 6.42 Å². The van der Waals surface area contributed by atoms with Crippen LogP contribution in [0, 0.1) is 0 Å². The molecule has 1 amide bonds. The van der Waals surface area contributed by atoms with Crippen molar-refractivity contribution in [2.24, 2.45) is 0 Å². The SMILES string of the molecule is COc1ccc(-n2nc(-c3cccc(OC)c3)cc2C(=O)NC(C)CCc2ccccc2)cc1. The van der Waals surface area contributed by atoms with Crippen LogP contribution in [-0.4, -0.2) is 35.9 Å². The third-order valence-corrected chi connectivity index (χ3v) is 5.71. The van der Waals surface area contributed by atoms with Gasteiger partial charge in [-0.05, 0) is 67.8 Å². The summed E-state index contributed by atoms with van der Waals surface area (Å²) in [6, 6.07) is 27.2. The first-order chi connectivity index (χ1) is 16.6. The second kappa shape index (κ2) is 10.7. The summed E-state index contributed by atoms with van der Waals surface area (Å²) in [5, 5.41) is 7.90. The highest BCUT2D eigenvalue weighted by molar-refractivity contribution is 5.94. The molecule has 6 nitrogen and oxygen atoms in total. The number of carbonyl (C=O) groups is 1. The van der Waals surface area contributed by atoms with Gasteiger partial charge < -0.3 is 14.8 Å². The summed E-state index contributed by atoms with van der Waals surface area (Å²) >= 11 is 0. The van der Waals surface area contributed by atoms with E-state index in [2.05, 4.69) is 17.4 Å². The summed E-state index contributed by atoms with van der Waals surface area (Å²) in [5.74, 6) is 1.31. The number of carbonyl (C=O) groups excluding carboxylic acids is 1. The van der Waals surface area contributed by atoms with Crippen molar-refractivity contribution < 1.29 is 14.3 Å². The van der Waals surface area contributed by atoms with Gasteiger partial charge in [-0.15, -0.1) is 0 Å². The van der Waals surface area contributed by atoms with E-state index in [0.717, 1.165) is 35.6 Å². The summed E-state index contributed by atoms with van der Waals surface area (Å²) in [6.07, 6.45) is 1.74. The third-order valence-electron chi connectivity index (χ3n) is 5.71. The van der Waals surface area contributed by atoms with Gasteiger partial charge in [-0.2, -0.15) is 5.10 Å². The predicted molar refractivity (Wildman–Crippen MR) is 134 cm³/mol. The highest BCUT2D eigenvalue weighted by atomic mass is 16.5. The zero-order valence-corrected chi connectivity index (χ0v) is 19.7. The Balaban J connectivity index is 1.60. The summed E-state index contributed by atoms with van der Waals surface area (Å²) in [5.41, 5.74) is 4.06. The van der Waals surface area contributed by atoms with Crippen LogP contribution in [0.4, 0.5) is 0 Å². The number of hydrogen-bond acceptors (Lipinski definition) is 4. The van der Waals surface area contributed by atoms with E-state index in [0.29, 0.717) is 11.4 Å². The number of benzene rings is 3. The van der Waals surface area contributed by atoms with E-state index in [9.17, 15) is 4.79 Å². The maximum absolute atomic E-state index is 13.3. The first-order valence-corrected chi connectivity index (χ1v) is 11.3. The maximum atomic E-state index is 13.3. The van der Waals surface area contributed by atoms with Crippen molar-refractivity contribution in [3.63, 3.8) is 0 Å². The first kappa shape index (κ1) is 23.1. The molecule has 0 saturated heterocycles. The molecule has 174 valence electrons. The fourth-order valence-electron chi connectivity index (χ4n) is 3.78. The monoisotopic (exact) mass is 455 g/mol. The van der Waals surface area contributed by atoms with E-state index in [4.69, 9.17) is 14.6 Å². The number of amides is 1. The molecule has 1 N–H and O–H groups in total. The molecule has 0 aliphatic rings. The van der Waals surface area contributed by atoms with Gasteiger partial charge in [0.1, 0.15) is 17.2 Å². The van der Waals surface area contributed by atoms with Crippen LogP contribution >= 0.6 is 0 Å². The Hall–Kier alpha value is -4.06. The van der Waals surface area contributed by atoms with Gasteiger partial charge in [0.25, 0.3) is 5.91 Å². The van der Waals surface area contributed by atoms with Crippen molar-refractivity contribution in [1.29, 1.82) is 0 Å². The van der Waals surface area contributed by atoms with Crippen LogP contribution in [0.5, 0.6) is 11.5 Å². The summed E-state index contributed by atoms with van der Waals surface area (Å²) in [7, 11) is 3.25. The lowest BCUT2D eigenvalue weighted by Crippen LogP contribution is -2.34. The standard InChI is InChI=1S/C28H29N3O3/c1-20(12-13-21-8-5-4-6-9-21)29-28(32)27-19-26(22-10-7-11-25(18-22)34-3)30-31(27)23-14-16-24(33-2)17-15-23/h4-11,14-20H,12-13H2,1-3H3,(H,29,32). The van der Waals surface area contributed by atoms with Crippen LogP contribution < -0.4 is 14.8 Å². The molecule has 0 aliphatic carbocycles. The fourth-order valence-corrected chi connectivity index (χ4v) is 3.78. The van der Waals surface area contributed by atoms with E-state index in [1.54, 1.807) is 18.9 Å². The largest absolute Gasteiger partial charge is 0.497 e. The topological polar surface area (TPSA) is 65.4 Å². The van der Waals surface area contributed by atoms with Gasteiger partial charge in [-0.25, -0.2) is 4.68 Å². The molecule has 0 aliphatic heterocycles. The second-order valence-electron chi connectivity index (χ2n) is 8.16. The van der Waals surface area contributed by atoms with E-state index in [1.165, 1.54) is 5.56 Å². The van der Waals surface area contributed by atoms with Gasteiger partial charge in [0.2, 0.25) is 0 Å². The second-order valence-corrected chi connectivity index (χ2v) is 8.16. The molecule has 0 radical (unpaired) electrons. The van der Waals surface area contributed by atoms with Crippen molar-refractivity contribution in [1.82, 2.24) is 15.1 Å². The molecule has 0 fully saturated rings. The molecule has 1 heterocycles. The van der Waals surface area contributed by atoms with Crippen molar-refractivity contribution >= 4 is 5.91 Å². The van der Waals surface area contributed by atoms with Gasteiger partial charge in [-0.3, -0.25) is 4.79 Å². The zero-order chi connectivity index (χ0) is 23.9. The Morgan fingerprint density at radius 2 is 1.65 bits per heavy atom. The van der Waals surface area contributed by atoms with Gasteiger partial charge in [0, 0.05) is 11.6 Å². The molecular formula is C28H29N3O3. The Bertz CT molecular complexity index is 1230. The molecule has 0 bridgehead atoms. The number of aryl methyl sites for hydroxylation is 1.